The number of aromatic nitrogens is 1. The monoisotopic (exact) mass is 271 g/mol. The minimum absolute atomic E-state index is 0.0481. The van der Waals surface area contributed by atoms with Gasteiger partial charge in [-0.3, -0.25) is 0 Å². The molecular weight excluding hydrogens is 258 g/mol. The van der Waals surface area contributed by atoms with Crippen LogP contribution in [0.2, 0.25) is 0 Å². The molecule has 0 saturated carbocycles. The van der Waals surface area contributed by atoms with E-state index < -0.39 is 11.9 Å². The van der Waals surface area contributed by atoms with Crippen LogP contribution in [0, 0.1) is 0 Å². The Kier molecular flexibility index (Phi) is 4.44. The third-order valence-corrected chi connectivity index (χ3v) is 2.62. The van der Waals surface area contributed by atoms with Gasteiger partial charge < -0.3 is 9.47 Å². The number of carbonyl (C=O) groups is 2. The fourth-order valence-corrected chi connectivity index (χ4v) is 1.63. The summed E-state index contributed by atoms with van der Waals surface area (Å²) in [5.74, 6) is -1.28. The summed E-state index contributed by atoms with van der Waals surface area (Å²) >= 11 is 0. The highest BCUT2D eigenvalue weighted by atomic mass is 16.5. The molecule has 0 spiro atoms. The minimum atomic E-state index is -0.669. The molecule has 1 aromatic heterocycles. The van der Waals surface area contributed by atoms with Gasteiger partial charge >= 0.3 is 11.9 Å². The zero-order valence-corrected chi connectivity index (χ0v) is 10.9. The second-order valence-corrected chi connectivity index (χ2v) is 3.95. The van der Waals surface area contributed by atoms with E-state index in [1.807, 2.05) is 30.3 Å². The van der Waals surface area contributed by atoms with Crippen molar-refractivity contribution >= 4 is 11.9 Å². The van der Waals surface area contributed by atoms with Crippen molar-refractivity contribution < 1.29 is 19.1 Å². The van der Waals surface area contributed by atoms with Crippen LogP contribution in [0.25, 0.3) is 0 Å². The summed E-state index contributed by atoms with van der Waals surface area (Å²) in [7, 11) is 1.23. The molecule has 0 fully saturated rings. The largest absolute Gasteiger partial charge is 0.464 e. The molecule has 0 aliphatic carbocycles. The zero-order chi connectivity index (χ0) is 14.4. The second kappa shape index (κ2) is 6.47. The van der Waals surface area contributed by atoms with Crippen LogP contribution in [-0.4, -0.2) is 24.0 Å². The summed E-state index contributed by atoms with van der Waals surface area (Å²) in [6.07, 6.45) is 1.42. The first-order valence-corrected chi connectivity index (χ1v) is 5.96. The highest BCUT2D eigenvalue weighted by Crippen LogP contribution is 2.10. The van der Waals surface area contributed by atoms with E-state index in [0.717, 1.165) is 5.56 Å². The standard InChI is InChI=1S/C15H13NO4/c1-19-15(18)13-12(8-5-9-16-13)14(17)20-10-11-6-3-2-4-7-11/h2-9H,10H2,1H3. The zero-order valence-electron chi connectivity index (χ0n) is 10.9. The lowest BCUT2D eigenvalue weighted by molar-refractivity contribution is 0.0455. The predicted octanol–water partition coefficient (Wildman–Crippen LogP) is 2.23. The molecule has 1 aromatic carbocycles. The van der Waals surface area contributed by atoms with Crippen molar-refractivity contribution in [2.45, 2.75) is 6.61 Å². The number of rotatable bonds is 4. The number of pyridine rings is 1. The molecule has 1 heterocycles. The summed E-state index contributed by atoms with van der Waals surface area (Å²) < 4.78 is 9.74. The summed E-state index contributed by atoms with van der Waals surface area (Å²) in [6.45, 7) is 0.134. The maximum atomic E-state index is 12.0. The molecule has 102 valence electrons. The normalized spacial score (nSPS) is 9.85. The van der Waals surface area contributed by atoms with E-state index in [0.29, 0.717) is 0 Å². The third-order valence-electron chi connectivity index (χ3n) is 2.62. The molecule has 0 radical (unpaired) electrons. The van der Waals surface area contributed by atoms with Gasteiger partial charge in [0.05, 0.1) is 12.7 Å². The molecule has 5 nitrogen and oxygen atoms in total. The van der Waals surface area contributed by atoms with Gasteiger partial charge in [0.25, 0.3) is 0 Å². The Morgan fingerprint density at radius 2 is 1.80 bits per heavy atom. The molecule has 0 saturated heterocycles. The lowest BCUT2D eigenvalue weighted by atomic mass is 10.2. The first-order valence-electron chi connectivity index (χ1n) is 5.96. The molecule has 0 amide bonds. The van der Waals surface area contributed by atoms with Gasteiger partial charge in [0.15, 0.2) is 5.69 Å². The fraction of sp³-hybridized carbons (Fsp3) is 0.133. The molecule has 0 bridgehead atoms. The fourth-order valence-electron chi connectivity index (χ4n) is 1.63. The van der Waals surface area contributed by atoms with Crippen molar-refractivity contribution in [3.8, 4) is 0 Å². The van der Waals surface area contributed by atoms with Crippen molar-refractivity contribution in [2.24, 2.45) is 0 Å². The molecule has 2 rings (SSSR count). The molecular formula is C15H13NO4. The van der Waals surface area contributed by atoms with Crippen LogP contribution >= 0.6 is 0 Å². The van der Waals surface area contributed by atoms with Crippen LogP contribution in [0.1, 0.15) is 26.4 Å². The van der Waals surface area contributed by atoms with Gasteiger partial charge in [-0.05, 0) is 17.7 Å². The number of hydrogen-bond acceptors (Lipinski definition) is 5. The van der Waals surface area contributed by atoms with E-state index in [4.69, 9.17) is 4.74 Å². The second-order valence-electron chi connectivity index (χ2n) is 3.95. The number of hydrogen-bond donors (Lipinski definition) is 0. The van der Waals surface area contributed by atoms with Gasteiger partial charge in [-0.2, -0.15) is 0 Å². The maximum absolute atomic E-state index is 12.0. The van der Waals surface area contributed by atoms with Crippen LogP contribution in [0.3, 0.4) is 0 Å². The third kappa shape index (κ3) is 3.20. The molecule has 2 aromatic rings. The Morgan fingerprint density at radius 3 is 2.50 bits per heavy atom. The minimum Gasteiger partial charge on any atom is -0.464 e. The molecule has 5 heteroatoms. The summed E-state index contributed by atoms with van der Waals surface area (Å²) in [6, 6.07) is 12.3. The smallest absolute Gasteiger partial charge is 0.357 e. The van der Waals surface area contributed by atoms with E-state index in [1.165, 1.54) is 19.4 Å². The van der Waals surface area contributed by atoms with E-state index in [9.17, 15) is 9.59 Å². The number of carbonyl (C=O) groups excluding carboxylic acids is 2. The van der Waals surface area contributed by atoms with E-state index >= 15 is 0 Å². The Hall–Kier alpha value is -2.69. The molecule has 0 N–H and O–H groups in total. The molecule has 20 heavy (non-hydrogen) atoms. The van der Waals surface area contributed by atoms with E-state index in [1.54, 1.807) is 6.07 Å². The average Bonchev–Trinajstić information content (AvgIpc) is 2.52. The Labute approximate surface area is 116 Å². The number of esters is 2. The van der Waals surface area contributed by atoms with Crippen LogP contribution in [-0.2, 0) is 16.1 Å². The van der Waals surface area contributed by atoms with Crippen molar-refractivity contribution in [1.82, 2.24) is 4.98 Å². The van der Waals surface area contributed by atoms with E-state index in [2.05, 4.69) is 9.72 Å². The van der Waals surface area contributed by atoms with Crippen LogP contribution in [0.5, 0.6) is 0 Å². The van der Waals surface area contributed by atoms with Crippen molar-refractivity contribution in [3.05, 3.63) is 65.5 Å². The van der Waals surface area contributed by atoms with Crippen molar-refractivity contribution in [2.75, 3.05) is 7.11 Å². The van der Waals surface area contributed by atoms with Gasteiger partial charge in [-0.25, -0.2) is 14.6 Å². The molecule has 0 aliphatic rings. The van der Waals surface area contributed by atoms with Gasteiger partial charge in [0.1, 0.15) is 6.61 Å². The molecule has 0 atom stereocenters. The summed E-state index contributed by atoms with van der Waals surface area (Å²) in [5.41, 5.74) is 0.910. The SMILES string of the molecule is COC(=O)c1ncccc1C(=O)OCc1ccccc1. The number of benzene rings is 1. The van der Waals surface area contributed by atoms with Crippen LogP contribution in [0.4, 0.5) is 0 Å². The topological polar surface area (TPSA) is 65.5 Å². The van der Waals surface area contributed by atoms with Gasteiger partial charge in [-0.15, -0.1) is 0 Å². The lowest BCUT2D eigenvalue weighted by Gasteiger charge is -2.07. The lowest BCUT2D eigenvalue weighted by Crippen LogP contribution is -2.14. The average molecular weight is 271 g/mol. The molecule has 0 unspecified atom stereocenters. The maximum Gasteiger partial charge on any atom is 0.357 e. The number of ether oxygens (including phenoxy) is 2. The Morgan fingerprint density at radius 1 is 1.05 bits per heavy atom. The van der Waals surface area contributed by atoms with Crippen molar-refractivity contribution in [1.29, 1.82) is 0 Å². The van der Waals surface area contributed by atoms with Gasteiger partial charge in [0, 0.05) is 6.20 Å². The Bertz CT molecular complexity index is 610. The first-order chi connectivity index (χ1) is 9.72. The Balaban J connectivity index is 2.12. The highest BCUT2D eigenvalue weighted by Gasteiger charge is 2.19. The quantitative estimate of drug-likeness (QED) is 0.798. The first kappa shape index (κ1) is 13.7. The summed E-state index contributed by atoms with van der Waals surface area (Å²) in [5, 5.41) is 0. The number of nitrogens with zero attached hydrogens (tertiary/aromatic N) is 1. The molecule has 0 aliphatic heterocycles. The highest BCUT2D eigenvalue weighted by molar-refractivity contribution is 6.01. The van der Waals surface area contributed by atoms with Gasteiger partial charge in [-0.1, -0.05) is 30.3 Å². The van der Waals surface area contributed by atoms with Crippen LogP contribution < -0.4 is 0 Å². The van der Waals surface area contributed by atoms with Crippen LogP contribution in [0.15, 0.2) is 48.7 Å². The van der Waals surface area contributed by atoms with Gasteiger partial charge in [0.2, 0.25) is 0 Å². The predicted molar refractivity (Wildman–Crippen MR) is 71.1 cm³/mol. The van der Waals surface area contributed by atoms with Crippen molar-refractivity contribution in [3.63, 3.8) is 0 Å². The number of methoxy groups -OCH3 is 1. The summed E-state index contributed by atoms with van der Waals surface area (Å²) in [4.78, 5) is 27.4. The van der Waals surface area contributed by atoms with E-state index in [-0.39, 0.29) is 17.9 Å².